The highest BCUT2D eigenvalue weighted by molar-refractivity contribution is 5.39. The van der Waals surface area contributed by atoms with Gasteiger partial charge < -0.3 is 0 Å². The molecule has 0 spiro atoms. The van der Waals surface area contributed by atoms with E-state index in [2.05, 4.69) is 99.4 Å². The number of allylic oxidation sites excluding steroid dienone is 5. The molecular formula is C31H54. The molecule has 0 heteroatoms. The Kier molecular flexibility index (Phi) is 23.4. The van der Waals surface area contributed by atoms with Crippen LogP contribution in [-0.4, -0.2) is 0 Å². The van der Waals surface area contributed by atoms with Gasteiger partial charge in [0.15, 0.2) is 0 Å². The van der Waals surface area contributed by atoms with Crippen LogP contribution >= 0.6 is 0 Å². The summed E-state index contributed by atoms with van der Waals surface area (Å²) in [5, 5.41) is 0. The predicted molar refractivity (Wildman–Crippen MR) is 148 cm³/mol. The summed E-state index contributed by atoms with van der Waals surface area (Å²) in [5.74, 6) is 0.681. The first kappa shape index (κ1) is 33.8. The predicted octanol–water partition coefficient (Wildman–Crippen LogP) is 10.8. The maximum Gasteiger partial charge on any atom is -0.0259 e. The van der Waals surface area contributed by atoms with E-state index in [4.69, 9.17) is 0 Å². The maximum atomic E-state index is 4.10. The highest BCUT2D eigenvalue weighted by atomic mass is 14.1. The van der Waals surface area contributed by atoms with Crippen LogP contribution in [-0.2, 0) is 6.42 Å². The Labute approximate surface area is 197 Å². The topological polar surface area (TPSA) is 0 Å². The van der Waals surface area contributed by atoms with Gasteiger partial charge in [-0.05, 0) is 82.9 Å². The molecule has 0 bridgehead atoms. The van der Waals surface area contributed by atoms with E-state index in [1.165, 1.54) is 52.7 Å². The summed E-state index contributed by atoms with van der Waals surface area (Å²) in [6, 6.07) is 8.66. The third-order valence-electron chi connectivity index (χ3n) is 4.87. The third kappa shape index (κ3) is 21.2. The molecule has 0 saturated carbocycles. The van der Waals surface area contributed by atoms with Crippen LogP contribution in [0.1, 0.15) is 106 Å². The Morgan fingerprint density at radius 1 is 0.839 bits per heavy atom. The van der Waals surface area contributed by atoms with Crippen LogP contribution in [0.4, 0.5) is 0 Å². The van der Waals surface area contributed by atoms with Crippen LogP contribution in [0.3, 0.4) is 0 Å². The standard InChI is InChI=1S/C13H22.C9H12.C7H14.C2H6/c1-9(2)8-11(5)13(7)12(6)10(3)4;1-3-9-6-4-8(2)5-7-9;1-4-5-6-7(2)3;1-2/h9H,3,5,8H2,1-2,4,6-7H3;4-7H,3H2,1-2H3;2,4-6H2,1,3H3;1-2H3/b13-12-;;;. The van der Waals surface area contributed by atoms with Gasteiger partial charge in [-0.25, -0.2) is 0 Å². The Morgan fingerprint density at radius 2 is 1.32 bits per heavy atom. The molecule has 0 radical (unpaired) electrons. The number of rotatable bonds is 8. The summed E-state index contributed by atoms with van der Waals surface area (Å²) in [7, 11) is 0. The highest BCUT2D eigenvalue weighted by Crippen LogP contribution is 2.22. The quantitative estimate of drug-likeness (QED) is 0.286. The molecule has 0 aliphatic carbocycles. The van der Waals surface area contributed by atoms with Crippen molar-refractivity contribution in [2.45, 2.75) is 108 Å². The van der Waals surface area contributed by atoms with Crippen molar-refractivity contribution in [2.24, 2.45) is 5.92 Å². The fourth-order valence-corrected chi connectivity index (χ4v) is 2.53. The van der Waals surface area contributed by atoms with E-state index in [0.717, 1.165) is 18.4 Å². The summed E-state index contributed by atoms with van der Waals surface area (Å²) in [5.41, 5.74) is 9.04. The Morgan fingerprint density at radius 3 is 1.61 bits per heavy atom. The molecule has 0 aromatic heterocycles. The molecule has 178 valence electrons. The first-order valence-electron chi connectivity index (χ1n) is 12.2. The van der Waals surface area contributed by atoms with Crippen molar-refractivity contribution in [3.05, 3.63) is 83.0 Å². The second-order valence-corrected chi connectivity index (χ2v) is 8.63. The molecule has 0 N–H and O–H groups in total. The van der Waals surface area contributed by atoms with Gasteiger partial charge in [-0.2, -0.15) is 0 Å². The zero-order valence-electron chi connectivity index (χ0n) is 23.0. The molecule has 1 rings (SSSR count). The van der Waals surface area contributed by atoms with Crippen LogP contribution in [0.15, 0.2) is 71.9 Å². The molecule has 0 atom stereocenters. The van der Waals surface area contributed by atoms with Gasteiger partial charge in [-0.15, -0.1) is 6.58 Å². The lowest BCUT2D eigenvalue weighted by atomic mass is 9.94. The Balaban J connectivity index is -0.000000381. The van der Waals surface area contributed by atoms with Crippen LogP contribution in [0.2, 0.25) is 0 Å². The largest absolute Gasteiger partial charge is 0.100 e. The van der Waals surface area contributed by atoms with Gasteiger partial charge in [0.25, 0.3) is 0 Å². The first-order valence-corrected chi connectivity index (χ1v) is 12.2. The van der Waals surface area contributed by atoms with Gasteiger partial charge in [0.2, 0.25) is 0 Å². The van der Waals surface area contributed by atoms with Crippen molar-refractivity contribution in [2.75, 3.05) is 0 Å². The summed E-state index contributed by atoms with van der Waals surface area (Å²) in [6.45, 7) is 35.1. The Bertz CT molecular complexity index is 635. The summed E-state index contributed by atoms with van der Waals surface area (Å²) in [6.07, 6.45) is 6.01. The highest BCUT2D eigenvalue weighted by Gasteiger charge is 2.04. The zero-order valence-corrected chi connectivity index (χ0v) is 23.0. The lowest BCUT2D eigenvalue weighted by Gasteiger charge is -2.12. The van der Waals surface area contributed by atoms with Crippen molar-refractivity contribution in [3.8, 4) is 0 Å². The van der Waals surface area contributed by atoms with E-state index in [1.54, 1.807) is 0 Å². The summed E-state index contributed by atoms with van der Waals surface area (Å²) >= 11 is 0. The molecule has 0 heterocycles. The molecule has 0 aliphatic heterocycles. The summed E-state index contributed by atoms with van der Waals surface area (Å²) in [4.78, 5) is 0. The van der Waals surface area contributed by atoms with Gasteiger partial charge in [0.05, 0.1) is 0 Å². The molecule has 31 heavy (non-hydrogen) atoms. The Hall–Kier alpha value is -1.82. The minimum absolute atomic E-state index is 0.681. The number of benzene rings is 1. The molecular weight excluding hydrogens is 372 g/mol. The fourth-order valence-electron chi connectivity index (χ4n) is 2.53. The minimum Gasteiger partial charge on any atom is -0.100 e. The second kappa shape index (κ2) is 21.4. The zero-order chi connectivity index (χ0) is 25.0. The average Bonchev–Trinajstić information content (AvgIpc) is 2.73. The lowest BCUT2D eigenvalue weighted by Crippen LogP contribution is -1.94. The van der Waals surface area contributed by atoms with Crippen molar-refractivity contribution >= 4 is 0 Å². The van der Waals surface area contributed by atoms with Crippen molar-refractivity contribution in [3.63, 3.8) is 0 Å². The normalized spacial score (nSPS) is 10.3. The van der Waals surface area contributed by atoms with Gasteiger partial charge in [0.1, 0.15) is 0 Å². The van der Waals surface area contributed by atoms with Crippen molar-refractivity contribution in [1.29, 1.82) is 0 Å². The van der Waals surface area contributed by atoms with Crippen molar-refractivity contribution in [1.82, 2.24) is 0 Å². The third-order valence-corrected chi connectivity index (χ3v) is 4.87. The SMILES string of the molecule is C=C(C)/C(C)=C(/C)C(=C)CC(C)C.C=C(C)CCCC.CC.CCc1ccc(C)cc1. The van der Waals surface area contributed by atoms with Crippen LogP contribution in [0.5, 0.6) is 0 Å². The molecule has 0 nitrogen and oxygen atoms in total. The van der Waals surface area contributed by atoms with E-state index in [0.29, 0.717) is 5.92 Å². The molecule has 0 aliphatic rings. The number of hydrogen-bond donors (Lipinski definition) is 0. The number of unbranched alkanes of at least 4 members (excludes halogenated alkanes) is 1. The van der Waals surface area contributed by atoms with Gasteiger partial charge in [-0.1, -0.05) is 108 Å². The van der Waals surface area contributed by atoms with Crippen LogP contribution < -0.4 is 0 Å². The number of hydrogen-bond acceptors (Lipinski definition) is 0. The number of aryl methyl sites for hydroxylation is 2. The van der Waals surface area contributed by atoms with Crippen LogP contribution in [0.25, 0.3) is 0 Å². The molecule has 0 unspecified atom stereocenters. The van der Waals surface area contributed by atoms with Gasteiger partial charge in [0, 0.05) is 0 Å². The molecule has 1 aromatic rings. The van der Waals surface area contributed by atoms with E-state index in [-0.39, 0.29) is 0 Å². The summed E-state index contributed by atoms with van der Waals surface area (Å²) < 4.78 is 0. The van der Waals surface area contributed by atoms with Gasteiger partial charge in [-0.3, -0.25) is 0 Å². The van der Waals surface area contributed by atoms with E-state index in [9.17, 15) is 0 Å². The second-order valence-electron chi connectivity index (χ2n) is 8.63. The van der Waals surface area contributed by atoms with Crippen LogP contribution in [0, 0.1) is 12.8 Å². The lowest BCUT2D eigenvalue weighted by molar-refractivity contribution is 0.646. The van der Waals surface area contributed by atoms with E-state index < -0.39 is 0 Å². The molecule has 1 aromatic carbocycles. The smallest absolute Gasteiger partial charge is 0.0259 e. The molecule has 0 fully saturated rings. The monoisotopic (exact) mass is 426 g/mol. The molecule has 0 saturated heterocycles. The van der Waals surface area contributed by atoms with Gasteiger partial charge >= 0.3 is 0 Å². The fraction of sp³-hybridized carbons (Fsp3) is 0.548. The maximum absolute atomic E-state index is 4.10. The van der Waals surface area contributed by atoms with E-state index in [1.807, 2.05) is 20.8 Å². The van der Waals surface area contributed by atoms with Crippen molar-refractivity contribution < 1.29 is 0 Å². The van der Waals surface area contributed by atoms with E-state index >= 15 is 0 Å². The molecule has 0 amide bonds. The first-order chi connectivity index (χ1) is 14.5. The minimum atomic E-state index is 0.681. The average molecular weight is 427 g/mol.